The molecule has 3 amide bonds. The second-order valence-electron chi connectivity index (χ2n) is 7.85. The topological polar surface area (TPSA) is 84.9 Å². The van der Waals surface area contributed by atoms with Crippen LogP contribution >= 0.6 is 62.5 Å². The van der Waals surface area contributed by atoms with E-state index in [1.165, 1.54) is 13.2 Å². The third-order valence-electron chi connectivity index (χ3n) is 5.28. The lowest BCUT2D eigenvalue weighted by Crippen LogP contribution is -2.36. The number of para-hydroxylation sites is 1. The summed E-state index contributed by atoms with van der Waals surface area (Å²) in [7, 11) is 1.49. The van der Waals surface area contributed by atoms with Crippen LogP contribution in [0, 0.1) is 0 Å². The van der Waals surface area contributed by atoms with Gasteiger partial charge in [0.15, 0.2) is 11.5 Å². The highest BCUT2D eigenvalue weighted by Crippen LogP contribution is 2.38. The molecule has 0 spiro atoms. The number of hydrogen-bond donors (Lipinski definition) is 1. The van der Waals surface area contributed by atoms with Crippen molar-refractivity contribution in [2.45, 2.75) is 6.61 Å². The minimum Gasteiger partial charge on any atom is -0.493 e. The Morgan fingerprint density at radius 2 is 1.87 bits per heavy atom. The van der Waals surface area contributed by atoms with Crippen molar-refractivity contribution in [3.05, 3.63) is 90.2 Å². The largest absolute Gasteiger partial charge is 0.493 e. The smallest absolute Gasteiger partial charge is 0.294 e. The zero-order valence-electron chi connectivity index (χ0n) is 19.6. The lowest BCUT2D eigenvalue weighted by Gasteiger charge is -2.15. The molecule has 196 valence electrons. The Kier molecular flexibility index (Phi) is 9.27. The van der Waals surface area contributed by atoms with Gasteiger partial charge in [0.25, 0.3) is 11.1 Å². The minimum absolute atomic E-state index is 0.110. The van der Waals surface area contributed by atoms with E-state index >= 15 is 0 Å². The van der Waals surface area contributed by atoms with Crippen molar-refractivity contribution in [1.82, 2.24) is 4.90 Å². The van der Waals surface area contributed by atoms with Gasteiger partial charge in [0.05, 0.1) is 17.0 Å². The number of thioether (sulfide) groups is 1. The van der Waals surface area contributed by atoms with Crippen molar-refractivity contribution < 1.29 is 23.9 Å². The molecule has 1 fully saturated rings. The molecule has 1 saturated heterocycles. The van der Waals surface area contributed by atoms with Gasteiger partial charge >= 0.3 is 0 Å². The molecule has 0 bridgehead atoms. The zero-order valence-corrected chi connectivity index (χ0v) is 24.3. The van der Waals surface area contributed by atoms with Gasteiger partial charge < -0.3 is 14.8 Å². The molecule has 1 aliphatic rings. The average molecular weight is 657 g/mol. The van der Waals surface area contributed by atoms with Crippen LogP contribution in [-0.4, -0.2) is 35.6 Å². The molecule has 1 N–H and O–H groups in total. The number of nitrogens with one attached hydrogen (secondary N) is 1. The maximum atomic E-state index is 13.0. The van der Waals surface area contributed by atoms with Crippen molar-refractivity contribution >= 4 is 91.3 Å². The molecule has 3 aromatic rings. The fourth-order valence-electron chi connectivity index (χ4n) is 3.45. The fraction of sp³-hybridized carbons (Fsp3) is 0.115. The van der Waals surface area contributed by atoms with E-state index in [0.717, 1.165) is 16.7 Å². The molecule has 0 atom stereocenters. The molecule has 0 saturated carbocycles. The Bertz CT molecular complexity index is 1470. The monoisotopic (exact) mass is 654 g/mol. The third kappa shape index (κ3) is 6.65. The average Bonchev–Trinajstić information content (AvgIpc) is 3.13. The van der Waals surface area contributed by atoms with E-state index in [1.807, 2.05) is 0 Å². The number of anilines is 1. The molecule has 0 radical (unpaired) electrons. The van der Waals surface area contributed by atoms with E-state index in [2.05, 4.69) is 21.2 Å². The molecule has 4 rings (SSSR count). The van der Waals surface area contributed by atoms with Crippen molar-refractivity contribution in [3.8, 4) is 11.5 Å². The van der Waals surface area contributed by atoms with Crippen molar-refractivity contribution in [1.29, 1.82) is 0 Å². The molecule has 12 heteroatoms. The predicted molar refractivity (Wildman–Crippen MR) is 154 cm³/mol. The van der Waals surface area contributed by atoms with E-state index in [0.29, 0.717) is 47.9 Å². The van der Waals surface area contributed by atoms with Gasteiger partial charge in [0.1, 0.15) is 13.2 Å². The maximum Gasteiger partial charge on any atom is 0.294 e. The molecule has 1 heterocycles. The van der Waals surface area contributed by atoms with Gasteiger partial charge in [-0.15, -0.1) is 0 Å². The minimum atomic E-state index is -0.599. The highest BCUT2D eigenvalue weighted by atomic mass is 79.9. The Hall–Kier alpha value is -2.69. The molecule has 38 heavy (non-hydrogen) atoms. The van der Waals surface area contributed by atoms with Gasteiger partial charge in [-0.2, -0.15) is 0 Å². The summed E-state index contributed by atoms with van der Waals surface area (Å²) in [4.78, 5) is 39.2. The van der Waals surface area contributed by atoms with Crippen LogP contribution < -0.4 is 14.8 Å². The summed E-state index contributed by atoms with van der Waals surface area (Å²) < 4.78 is 12.1. The molecular formula is C26H18BrCl3N2O5S. The Morgan fingerprint density at radius 1 is 1.08 bits per heavy atom. The number of amides is 3. The van der Waals surface area contributed by atoms with Gasteiger partial charge in [0.2, 0.25) is 5.91 Å². The van der Waals surface area contributed by atoms with Crippen LogP contribution in [-0.2, 0) is 16.2 Å². The second-order valence-corrected chi connectivity index (χ2v) is 10.9. The fourth-order valence-corrected chi connectivity index (χ4v) is 5.17. The van der Waals surface area contributed by atoms with E-state index in [4.69, 9.17) is 44.3 Å². The molecule has 0 unspecified atom stereocenters. The molecule has 0 aliphatic carbocycles. The van der Waals surface area contributed by atoms with Crippen LogP contribution in [0.15, 0.2) is 64.0 Å². The number of hydrogen-bond acceptors (Lipinski definition) is 6. The summed E-state index contributed by atoms with van der Waals surface area (Å²) >= 11 is 22.3. The van der Waals surface area contributed by atoms with Crippen LogP contribution in [0.25, 0.3) is 6.08 Å². The summed E-state index contributed by atoms with van der Waals surface area (Å²) in [5.41, 5.74) is 1.64. The number of methoxy groups -OCH3 is 1. The third-order valence-corrected chi connectivity index (χ3v) is 8.01. The number of nitrogens with zero attached hydrogens (tertiary/aromatic N) is 1. The van der Waals surface area contributed by atoms with E-state index in [1.54, 1.807) is 54.6 Å². The number of imide groups is 1. The number of rotatable bonds is 8. The Labute approximate surface area is 246 Å². The van der Waals surface area contributed by atoms with Crippen LogP contribution in [0.5, 0.6) is 11.5 Å². The molecule has 7 nitrogen and oxygen atoms in total. The standard InChI is InChI=1S/C26H18BrCl3N2O5S/c1-36-21-4-2-3-14(24(21)37-13-15-5-6-16(28)10-19(15)29)9-22-25(34)32(26(35)38-22)12-23(33)31-17-7-8-18(27)20(30)11-17/h2-11H,12-13H2,1H3,(H,31,33)/b22-9+. The zero-order chi connectivity index (χ0) is 27.4. The van der Waals surface area contributed by atoms with Gasteiger partial charge in [-0.1, -0.05) is 53.0 Å². The van der Waals surface area contributed by atoms with Crippen LogP contribution in [0.4, 0.5) is 10.5 Å². The normalized spacial score (nSPS) is 14.2. The van der Waals surface area contributed by atoms with Gasteiger partial charge in [-0.05, 0) is 70.2 Å². The van der Waals surface area contributed by atoms with E-state index < -0.39 is 23.6 Å². The summed E-state index contributed by atoms with van der Waals surface area (Å²) in [5, 5.41) is 3.42. The summed E-state index contributed by atoms with van der Waals surface area (Å²) in [6.07, 6.45) is 1.53. The first-order valence-corrected chi connectivity index (χ1v) is 13.6. The first-order chi connectivity index (χ1) is 18.2. The lowest BCUT2D eigenvalue weighted by atomic mass is 10.1. The summed E-state index contributed by atoms with van der Waals surface area (Å²) in [5.74, 6) is -0.357. The molecular weight excluding hydrogens is 639 g/mol. The maximum absolute atomic E-state index is 13.0. The van der Waals surface area contributed by atoms with Gasteiger partial charge in [0, 0.05) is 31.3 Å². The summed E-state index contributed by atoms with van der Waals surface area (Å²) in [6.45, 7) is -0.342. The van der Waals surface area contributed by atoms with Crippen molar-refractivity contribution in [2.24, 2.45) is 0 Å². The van der Waals surface area contributed by atoms with E-state index in [9.17, 15) is 14.4 Å². The van der Waals surface area contributed by atoms with Crippen molar-refractivity contribution in [2.75, 3.05) is 19.0 Å². The first-order valence-electron chi connectivity index (χ1n) is 10.9. The highest BCUT2D eigenvalue weighted by molar-refractivity contribution is 9.10. The SMILES string of the molecule is COc1cccc(/C=C2/SC(=O)N(CC(=O)Nc3ccc(Br)c(Cl)c3)C2=O)c1OCc1ccc(Cl)cc1Cl. The first kappa shape index (κ1) is 28.3. The molecule has 1 aliphatic heterocycles. The Balaban J connectivity index is 1.51. The number of carbonyl (C=O) groups is 3. The Morgan fingerprint density at radius 3 is 2.58 bits per heavy atom. The van der Waals surface area contributed by atoms with Crippen LogP contribution in [0.3, 0.4) is 0 Å². The number of ether oxygens (including phenoxy) is 2. The van der Waals surface area contributed by atoms with E-state index in [-0.39, 0.29) is 11.5 Å². The van der Waals surface area contributed by atoms with Crippen molar-refractivity contribution in [3.63, 3.8) is 0 Å². The van der Waals surface area contributed by atoms with Gasteiger partial charge in [-0.3, -0.25) is 19.3 Å². The number of carbonyl (C=O) groups excluding carboxylic acids is 3. The number of halogens is 4. The second kappa shape index (κ2) is 12.4. The highest BCUT2D eigenvalue weighted by Gasteiger charge is 2.36. The van der Waals surface area contributed by atoms with Crippen LogP contribution in [0.1, 0.15) is 11.1 Å². The number of benzene rings is 3. The quantitative estimate of drug-likeness (QED) is 0.251. The molecule has 3 aromatic carbocycles. The molecule has 0 aromatic heterocycles. The van der Waals surface area contributed by atoms with Gasteiger partial charge in [-0.25, -0.2) is 0 Å². The predicted octanol–water partition coefficient (Wildman–Crippen LogP) is 7.67. The lowest BCUT2D eigenvalue weighted by molar-refractivity contribution is -0.127. The summed E-state index contributed by atoms with van der Waals surface area (Å²) in [6, 6.07) is 15.1. The van der Waals surface area contributed by atoms with Crippen LogP contribution in [0.2, 0.25) is 15.1 Å².